The fraction of sp³-hybridized carbons (Fsp3) is 0.206. The molecular weight excluding hydrogens is 452 g/mol. The van der Waals surface area contributed by atoms with Gasteiger partial charge in [-0.3, -0.25) is 4.79 Å². The number of para-hydroxylation sites is 1. The Balaban J connectivity index is 1.42. The predicted molar refractivity (Wildman–Crippen MR) is 153 cm³/mol. The average molecular weight is 487 g/mol. The second-order valence-electron chi connectivity index (χ2n) is 9.75. The van der Waals surface area contributed by atoms with E-state index in [1.165, 1.54) is 33.2 Å². The van der Waals surface area contributed by atoms with Gasteiger partial charge in [0.25, 0.3) is 0 Å². The van der Waals surface area contributed by atoms with Crippen LogP contribution in [0.3, 0.4) is 0 Å². The molecule has 0 fully saturated rings. The lowest BCUT2D eigenvalue weighted by molar-refractivity contribution is -0.122. The summed E-state index contributed by atoms with van der Waals surface area (Å²) < 4.78 is 0. The molecule has 0 aliphatic heterocycles. The van der Waals surface area contributed by atoms with Crippen LogP contribution in [-0.4, -0.2) is 10.9 Å². The highest BCUT2D eigenvalue weighted by atomic mass is 16.1. The first kappa shape index (κ1) is 24.6. The summed E-state index contributed by atoms with van der Waals surface area (Å²) in [5, 5.41) is 4.60. The number of aryl methyl sites for hydroxylation is 1. The molecule has 186 valence electrons. The normalized spacial score (nSPS) is 12.8. The van der Waals surface area contributed by atoms with Crippen LogP contribution in [0.5, 0.6) is 0 Å². The molecule has 5 aromatic rings. The number of aromatic nitrogens is 1. The maximum atomic E-state index is 13.7. The molecule has 2 unspecified atom stereocenters. The first-order valence-electron chi connectivity index (χ1n) is 13.2. The first-order chi connectivity index (χ1) is 18.2. The van der Waals surface area contributed by atoms with Crippen LogP contribution in [-0.2, 0) is 24.1 Å². The van der Waals surface area contributed by atoms with Gasteiger partial charge in [0.15, 0.2) is 0 Å². The topological polar surface area (TPSA) is 44.9 Å². The molecule has 2 atom stereocenters. The molecule has 4 aromatic carbocycles. The highest BCUT2D eigenvalue weighted by molar-refractivity contribution is 5.87. The second-order valence-corrected chi connectivity index (χ2v) is 9.75. The molecular formula is C34H34N2O. The minimum atomic E-state index is -0.0804. The first-order valence-corrected chi connectivity index (χ1v) is 13.2. The fourth-order valence-electron chi connectivity index (χ4n) is 5.33. The van der Waals surface area contributed by atoms with Gasteiger partial charge in [-0.05, 0) is 53.0 Å². The number of nitrogens with one attached hydrogen (secondary N) is 2. The summed E-state index contributed by atoms with van der Waals surface area (Å²) in [6.07, 6.45) is 5.08. The zero-order valence-electron chi connectivity index (χ0n) is 21.4. The standard InChI is InChI=1S/C34H34N2O/c1-2-27-19-12-20-30-31(24-35-34(27)30)29(21-25-13-6-3-7-14-25)23-33(37)36-32(28-17-10-5-11-18-28)22-26-15-8-4-9-16-26/h3-20,24,29,32,35H,2,21-23H2,1H3,(H,36,37). The Morgan fingerprint density at radius 3 is 2.03 bits per heavy atom. The summed E-state index contributed by atoms with van der Waals surface area (Å²) in [6.45, 7) is 2.18. The zero-order valence-corrected chi connectivity index (χ0v) is 21.4. The summed E-state index contributed by atoms with van der Waals surface area (Å²) in [7, 11) is 0. The van der Waals surface area contributed by atoms with Crippen LogP contribution in [0.2, 0.25) is 0 Å². The van der Waals surface area contributed by atoms with Crippen molar-refractivity contribution < 1.29 is 4.79 Å². The van der Waals surface area contributed by atoms with Gasteiger partial charge in [0.2, 0.25) is 5.91 Å². The molecule has 3 heteroatoms. The van der Waals surface area contributed by atoms with Gasteiger partial charge in [-0.1, -0.05) is 116 Å². The van der Waals surface area contributed by atoms with E-state index in [1.54, 1.807) is 0 Å². The van der Waals surface area contributed by atoms with Gasteiger partial charge in [-0.25, -0.2) is 0 Å². The van der Waals surface area contributed by atoms with E-state index in [2.05, 4.69) is 102 Å². The number of aromatic amines is 1. The molecule has 37 heavy (non-hydrogen) atoms. The van der Waals surface area contributed by atoms with E-state index in [-0.39, 0.29) is 17.9 Å². The summed E-state index contributed by atoms with van der Waals surface area (Å²) in [6, 6.07) is 37.6. The Morgan fingerprint density at radius 1 is 0.757 bits per heavy atom. The molecule has 5 rings (SSSR count). The van der Waals surface area contributed by atoms with Crippen molar-refractivity contribution in [2.75, 3.05) is 0 Å². The van der Waals surface area contributed by atoms with Gasteiger partial charge in [0, 0.05) is 23.5 Å². The number of benzene rings is 4. The zero-order chi connectivity index (χ0) is 25.5. The summed E-state index contributed by atoms with van der Waals surface area (Å²) >= 11 is 0. The van der Waals surface area contributed by atoms with Gasteiger partial charge in [0.05, 0.1) is 6.04 Å². The largest absolute Gasteiger partial charge is 0.361 e. The number of carbonyl (C=O) groups excluding carboxylic acids is 1. The van der Waals surface area contributed by atoms with Gasteiger partial charge in [-0.15, -0.1) is 0 Å². The van der Waals surface area contributed by atoms with Crippen molar-refractivity contribution in [3.8, 4) is 0 Å². The number of hydrogen-bond donors (Lipinski definition) is 2. The van der Waals surface area contributed by atoms with Crippen molar-refractivity contribution in [1.29, 1.82) is 0 Å². The maximum absolute atomic E-state index is 13.7. The summed E-state index contributed by atoms with van der Waals surface area (Å²) in [5.74, 6) is 0.142. The molecule has 3 nitrogen and oxygen atoms in total. The van der Waals surface area contributed by atoms with Crippen molar-refractivity contribution in [2.24, 2.45) is 0 Å². The number of rotatable bonds is 10. The smallest absolute Gasteiger partial charge is 0.221 e. The van der Waals surface area contributed by atoms with E-state index < -0.39 is 0 Å². The predicted octanol–water partition coefficient (Wildman–Crippen LogP) is 7.55. The Kier molecular flexibility index (Phi) is 7.81. The fourth-order valence-corrected chi connectivity index (χ4v) is 5.33. The molecule has 2 N–H and O–H groups in total. The quantitative estimate of drug-likeness (QED) is 0.210. The van der Waals surface area contributed by atoms with Gasteiger partial charge >= 0.3 is 0 Å². The second kappa shape index (κ2) is 11.7. The lowest BCUT2D eigenvalue weighted by atomic mass is 9.88. The van der Waals surface area contributed by atoms with E-state index in [0.717, 1.165) is 24.8 Å². The van der Waals surface area contributed by atoms with E-state index in [1.807, 2.05) is 30.3 Å². The molecule has 0 radical (unpaired) electrons. The third-order valence-electron chi connectivity index (χ3n) is 7.23. The van der Waals surface area contributed by atoms with Gasteiger partial charge < -0.3 is 10.3 Å². The SMILES string of the molecule is CCc1cccc2c(C(CC(=O)NC(Cc3ccccc3)c3ccccc3)Cc3ccccc3)c[nH]c12. The van der Waals surface area contributed by atoms with Crippen molar-refractivity contribution in [3.05, 3.63) is 143 Å². The van der Waals surface area contributed by atoms with Crippen LogP contribution in [0.1, 0.15) is 53.1 Å². The maximum Gasteiger partial charge on any atom is 0.221 e. The third-order valence-corrected chi connectivity index (χ3v) is 7.23. The molecule has 1 heterocycles. The van der Waals surface area contributed by atoms with Crippen molar-refractivity contribution >= 4 is 16.8 Å². The van der Waals surface area contributed by atoms with Gasteiger partial charge in [-0.2, -0.15) is 0 Å². The number of amides is 1. The number of fused-ring (bicyclic) bond motifs is 1. The molecule has 0 aliphatic carbocycles. The Hall–Kier alpha value is -4.11. The highest BCUT2D eigenvalue weighted by Crippen LogP contribution is 2.33. The van der Waals surface area contributed by atoms with E-state index in [0.29, 0.717) is 6.42 Å². The van der Waals surface area contributed by atoms with Crippen molar-refractivity contribution in [2.45, 2.75) is 44.6 Å². The third kappa shape index (κ3) is 6.00. The van der Waals surface area contributed by atoms with Gasteiger partial charge in [0.1, 0.15) is 0 Å². The van der Waals surface area contributed by atoms with Crippen LogP contribution < -0.4 is 5.32 Å². The number of hydrogen-bond acceptors (Lipinski definition) is 1. The Bertz CT molecular complexity index is 1420. The van der Waals surface area contributed by atoms with Crippen molar-refractivity contribution in [1.82, 2.24) is 10.3 Å². The van der Waals surface area contributed by atoms with E-state index >= 15 is 0 Å². The van der Waals surface area contributed by atoms with E-state index in [9.17, 15) is 4.79 Å². The number of H-pyrrole nitrogens is 1. The Morgan fingerprint density at radius 2 is 1.38 bits per heavy atom. The minimum absolute atomic E-state index is 0.0661. The van der Waals surface area contributed by atoms with Crippen LogP contribution in [0, 0.1) is 0 Å². The minimum Gasteiger partial charge on any atom is -0.361 e. The lowest BCUT2D eigenvalue weighted by Gasteiger charge is -2.22. The van der Waals surface area contributed by atoms with Crippen LogP contribution >= 0.6 is 0 Å². The molecule has 1 aromatic heterocycles. The summed E-state index contributed by atoms with van der Waals surface area (Å²) in [4.78, 5) is 17.2. The molecule has 0 saturated carbocycles. The Labute approximate surface area is 219 Å². The molecule has 1 amide bonds. The van der Waals surface area contributed by atoms with Crippen molar-refractivity contribution in [3.63, 3.8) is 0 Å². The molecule has 0 saturated heterocycles. The molecule has 0 aliphatic rings. The molecule has 0 bridgehead atoms. The van der Waals surface area contributed by atoms with Crippen LogP contribution in [0.15, 0.2) is 115 Å². The van der Waals surface area contributed by atoms with Crippen LogP contribution in [0.25, 0.3) is 10.9 Å². The van der Waals surface area contributed by atoms with Crippen LogP contribution in [0.4, 0.5) is 0 Å². The highest BCUT2D eigenvalue weighted by Gasteiger charge is 2.23. The monoisotopic (exact) mass is 486 g/mol. The molecule has 0 spiro atoms. The summed E-state index contributed by atoms with van der Waals surface area (Å²) in [5.41, 5.74) is 7.28. The van der Waals surface area contributed by atoms with E-state index in [4.69, 9.17) is 0 Å². The average Bonchev–Trinajstić information content (AvgIpc) is 3.38. The number of carbonyl (C=O) groups is 1. The lowest BCUT2D eigenvalue weighted by Crippen LogP contribution is -2.31.